The molecular formula is C21H32NNaO6. The van der Waals surface area contributed by atoms with Crippen LogP contribution in [0.3, 0.4) is 0 Å². The van der Waals surface area contributed by atoms with Gasteiger partial charge < -0.3 is 14.6 Å². The second-order valence-electron chi connectivity index (χ2n) is 6.25. The van der Waals surface area contributed by atoms with Crippen molar-refractivity contribution >= 4 is 23.8 Å². The number of ether oxygens (including phenoxy) is 1. The van der Waals surface area contributed by atoms with Gasteiger partial charge in [-0.15, -0.1) is 0 Å². The summed E-state index contributed by atoms with van der Waals surface area (Å²) in [5.74, 6) is -3.61. The van der Waals surface area contributed by atoms with Crippen LogP contribution < -0.4 is 34.7 Å². The van der Waals surface area contributed by atoms with Crippen molar-refractivity contribution in [2.75, 3.05) is 6.61 Å². The normalized spacial score (nSPS) is 11.8. The maximum Gasteiger partial charge on any atom is 1.00 e. The number of allylic oxidation sites excluding steroid dienone is 4. The number of carbonyl (C=O) groups is 4. The van der Waals surface area contributed by atoms with E-state index in [0.29, 0.717) is 19.3 Å². The van der Waals surface area contributed by atoms with E-state index >= 15 is 0 Å². The molecule has 0 saturated carbocycles. The summed E-state index contributed by atoms with van der Waals surface area (Å²) in [6.45, 7) is 5.78. The Hall–Kier alpha value is -1.44. The second-order valence-corrected chi connectivity index (χ2v) is 6.25. The number of hydrogen-bond donors (Lipinski definition) is 0. The largest absolute Gasteiger partial charge is 1.00 e. The van der Waals surface area contributed by atoms with Crippen LogP contribution >= 0.6 is 0 Å². The number of nitrogens with zero attached hydrogens (tertiary/aromatic N) is 1. The summed E-state index contributed by atoms with van der Waals surface area (Å²) in [4.78, 5) is 49.6. The van der Waals surface area contributed by atoms with Crippen LogP contribution in [0, 0.1) is 0 Å². The summed E-state index contributed by atoms with van der Waals surface area (Å²) in [5.41, 5.74) is 0. The molecule has 2 amide bonds. The van der Waals surface area contributed by atoms with Crippen LogP contribution in [0.2, 0.25) is 0 Å². The van der Waals surface area contributed by atoms with Crippen molar-refractivity contribution in [3.63, 3.8) is 0 Å². The van der Waals surface area contributed by atoms with E-state index < -0.39 is 36.2 Å². The second kappa shape index (κ2) is 18.6. The average Bonchev–Trinajstić information content (AvgIpc) is 2.65. The van der Waals surface area contributed by atoms with Gasteiger partial charge in [0.15, 0.2) is 0 Å². The van der Waals surface area contributed by atoms with Crippen LogP contribution in [0.15, 0.2) is 24.3 Å². The third-order valence-electron chi connectivity index (χ3n) is 3.78. The van der Waals surface area contributed by atoms with Gasteiger partial charge >= 0.3 is 35.5 Å². The molecule has 0 rings (SSSR count). The fourth-order valence-corrected chi connectivity index (χ4v) is 2.45. The molecule has 7 nitrogen and oxygen atoms in total. The van der Waals surface area contributed by atoms with Crippen molar-refractivity contribution in [2.45, 2.75) is 78.2 Å². The Balaban J connectivity index is 0. The molecule has 1 unspecified atom stereocenters. The number of carboxylic acids is 1. The molecule has 158 valence electrons. The molecule has 0 aliphatic carbocycles. The van der Waals surface area contributed by atoms with Crippen LogP contribution in [-0.2, 0) is 23.9 Å². The number of amides is 2. The molecule has 0 bridgehead atoms. The van der Waals surface area contributed by atoms with Gasteiger partial charge in [-0.05, 0) is 32.1 Å². The number of esters is 1. The van der Waals surface area contributed by atoms with E-state index in [4.69, 9.17) is 4.74 Å². The third kappa shape index (κ3) is 13.4. The van der Waals surface area contributed by atoms with E-state index in [1.165, 1.54) is 0 Å². The van der Waals surface area contributed by atoms with E-state index in [1.54, 1.807) is 6.92 Å². The minimum absolute atomic E-state index is 0. The van der Waals surface area contributed by atoms with Gasteiger partial charge in [0.25, 0.3) is 0 Å². The van der Waals surface area contributed by atoms with Crippen molar-refractivity contribution in [1.82, 2.24) is 4.90 Å². The van der Waals surface area contributed by atoms with Gasteiger partial charge in [0.1, 0.15) is 6.04 Å². The average molecular weight is 417 g/mol. The monoisotopic (exact) mass is 417 g/mol. The molecule has 0 heterocycles. The third-order valence-corrected chi connectivity index (χ3v) is 3.78. The molecule has 0 radical (unpaired) electrons. The SMILES string of the molecule is CC/C=C/CCC(=O)N(C(=O)CC/C=C/CC)C(CC(=O)[O-])C(=O)OCCC.[Na+]. The zero-order valence-electron chi connectivity index (χ0n) is 18.1. The number of carbonyl (C=O) groups excluding carboxylic acids is 4. The number of hydrogen-bond acceptors (Lipinski definition) is 6. The van der Waals surface area contributed by atoms with Gasteiger partial charge in [-0.1, -0.05) is 45.1 Å². The van der Waals surface area contributed by atoms with Crippen LogP contribution in [-0.4, -0.2) is 41.3 Å². The summed E-state index contributed by atoms with van der Waals surface area (Å²) in [6.07, 6.45) is 9.59. The number of rotatable bonds is 14. The maximum atomic E-state index is 12.7. The van der Waals surface area contributed by atoms with E-state index in [9.17, 15) is 24.3 Å². The van der Waals surface area contributed by atoms with Crippen LogP contribution in [0.25, 0.3) is 0 Å². The van der Waals surface area contributed by atoms with Crippen LogP contribution in [0.1, 0.15) is 72.1 Å². The standard InChI is InChI=1S/C21H33NO6.Na/c1-4-7-9-11-13-18(23)22(19(24)14-12-10-8-5-2)17(16-20(25)26)21(27)28-15-6-3;/h7-10,17H,4-6,11-16H2,1-3H3,(H,25,26);/q;+1/p-1/b9-7+,10-8+;. The molecule has 0 N–H and O–H groups in total. The molecule has 0 saturated heterocycles. The van der Waals surface area contributed by atoms with E-state index in [-0.39, 0.29) is 49.0 Å². The summed E-state index contributed by atoms with van der Waals surface area (Å²) in [7, 11) is 0. The fraction of sp³-hybridized carbons (Fsp3) is 0.619. The first-order valence-electron chi connectivity index (χ1n) is 9.90. The minimum atomic E-state index is -1.53. The van der Waals surface area contributed by atoms with Gasteiger partial charge in [-0.2, -0.15) is 0 Å². The maximum absolute atomic E-state index is 12.7. The molecule has 29 heavy (non-hydrogen) atoms. The fourth-order valence-electron chi connectivity index (χ4n) is 2.45. The van der Waals surface area contributed by atoms with Crippen molar-refractivity contribution in [2.24, 2.45) is 0 Å². The van der Waals surface area contributed by atoms with Crippen molar-refractivity contribution in [1.29, 1.82) is 0 Å². The summed E-state index contributed by atoms with van der Waals surface area (Å²) >= 11 is 0. The number of aliphatic carboxylic acids is 1. The first-order chi connectivity index (χ1) is 13.4. The molecule has 0 aliphatic rings. The van der Waals surface area contributed by atoms with Crippen molar-refractivity contribution in [3.8, 4) is 0 Å². The van der Waals surface area contributed by atoms with Gasteiger partial charge in [0, 0.05) is 25.2 Å². The Morgan fingerprint density at radius 3 is 1.76 bits per heavy atom. The summed E-state index contributed by atoms with van der Waals surface area (Å²) < 4.78 is 5.02. The van der Waals surface area contributed by atoms with Crippen LogP contribution in [0.5, 0.6) is 0 Å². The van der Waals surface area contributed by atoms with Crippen molar-refractivity contribution in [3.05, 3.63) is 24.3 Å². The molecule has 0 aromatic rings. The van der Waals surface area contributed by atoms with Gasteiger partial charge in [-0.3, -0.25) is 14.5 Å². The van der Waals surface area contributed by atoms with E-state index in [2.05, 4.69) is 0 Å². The predicted octanol–water partition coefficient (Wildman–Crippen LogP) is -0.700. The molecule has 0 aliphatic heterocycles. The Bertz CT molecular complexity index is 544. The van der Waals surface area contributed by atoms with Gasteiger partial charge in [0.2, 0.25) is 11.8 Å². The topological polar surface area (TPSA) is 104 Å². The molecule has 0 spiro atoms. The molecule has 0 aromatic heterocycles. The molecular weight excluding hydrogens is 385 g/mol. The van der Waals surface area contributed by atoms with Gasteiger partial charge in [-0.25, -0.2) is 4.79 Å². The van der Waals surface area contributed by atoms with E-state index in [0.717, 1.165) is 17.7 Å². The summed E-state index contributed by atoms with van der Waals surface area (Å²) in [5, 5.41) is 11.1. The number of imide groups is 1. The Morgan fingerprint density at radius 2 is 1.38 bits per heavy atom. The van der Waals surface area contributed by atoms with E-state index in [1.807, 2.05) is 38.2 Å². The number of carboxylic acid groups (broad SMARTS) is 1. The summed E-state index contributed by atoms with van der Waals surface area (Å²) in [6, 6.07) is -1.51. The Morgan fingerprint density at radius 1 is 0.897 bits per heavy atom. The van der Waals surface area contributed by atoms with Gasteiger partial charge in [0.05, 0.1) is 6.61 Å². The molecule has 0 aromatic carbocycles. The molecule has 0 fully saturated rings. The minimum Gasteiger partial charge on any atom is -0.550 e. The van der Waals surface area contributed by atoms with Crippen molar-refractivity contribution < 1.29 is 58.6 Å². The first kappa shape index (κ1) is 29.8. The quantitative estimate of drug-likeness (QED) is 0.210. The Kier molecular flexibility index (Phi) is 19.1. The zero-order valence-corrected chi connectivity index (χ0v) is 20.1. The molecule has 1 atom stereocenters. The van der Waals surface area contributed by atoms with Crippen LogP contribution in [0.4, 0.5) is 0 Å². The predicted molar refractivity (Wildman–Crippen MR) is 104 cm³/mol. The first-order valence-corrected chi connectivity index (χ1v) is 9.90. The smallest absolute Gasteiger partial charge is 0.550 e. The molecule has 8 heteroatoms. The Labute approximate surface area is 195 Å². The zero-order chi connectivity index (χ0) is 21.4.